The second-order valence-electron chi connectivity index (χ2n) is 6.07. The van der Waals surface area contributed by atoms with Crippen LogP contribution in [0, 0.1) is 6.92 Å². The van der Waals surface area contributed by atoms with Crippen LogP contribution in [0.5, 0.6) is 5.75 Å². The Hall–Kier alpha value is -2.04. The Morgan fingerprint density at radius 2 is 2.13 bits per heavy atom. The van der Waals surface area contributed by atoms with E-state index in [1.54, 1.807) is 7.11 Å². The third kappa shape index (κ3) is 4.47. The number of methoxy groups -OCH3 is 1. The van der Waals surface area contributed by atoms with Crippen LogP contribution in [0.25, 0.3) is 0 Å². The van der Waals surface area contributed by atoms with E-state index in [0.29, 0.717) is 11.4 Å². The van der Waals surface area contributed by atoms with Gasteiger partial charge in [-0.05, 0) is 50.3 Å². The van der Waals surface area contributed by atoms with Gasteiger partial charge in [-0.15, -0.1) is 0 Å². The maximum absolute atomic E-state index is 12.4. The van der Waals surface area contributed by atoms with Crippen LogP contribution in [0.1, 0.15) is 44.6 Å². The highest BCUT2D eigenvalue weighted by Crippen LogP contribution is 2.25. The molecule has 5 nitrogen and oxygen atoms in total. The number of likely N-dealkylation sites (tertiary alicyclic amines) is 1. The van der Waals surface area contributed by atoms with Crippen LogP contribution in [0.15, 0.2) is 18.2 Å². The molecule has 0 aromatic heterocycles. The lowest BCUT2D eigenvalue weighted by Gasteiger charge is -2.35. The van der Waals surface area contributed by atoms with E-state index in [-0.39, 0.29) is 24.3 Å². The molecule has 1 aromatic rings. The summed E-state index contributed by atoms with van der Waals surface area (Å²) in [7, 11) is 1.56. The van der Waals surface area contributed by atoms with Gasteiger partial charge in [-0.2, -0.15) is 0 Å². The van der Waals surface area contributed by atoms with Gasteiger partial charge in [0.15, 0.2) is 0 Å². The number of piperidine rings is 1. The van der Waals surface area contributed by atoms with Gasteiger partial charge in [0.1, 0.15) is 12.2 Å². The molecule has 2 rings (SSSR count). The van der Waals surface area contributed by atoms with Gasteiger partial charge in [0.2, 0.25) is 11.8 Å². The Balaban J connectivity index is 1.99. The summed E-state index contributed by atoms with van der Waals surface area (Å²) in [5.41, 5.74) is 1.63. The van der Waals surface area contributed by atoms with Crippen LogP contribution in [0.2, 0.25) is 0 Å². The average Bonchev–Trinajstić information content (AvgIpc) is 2.54. The van der Waals surface area contributed by atoms with E-state index in [4.69, 9.17) is 4.74 Å². The smallest absolute Gasteiger partial charge is 0.233 e. The Bertz CT molecular complexity index is 571. The van der Waals surface area contributed by atoms with Crippen molar-refractivity contribution < 1.29 is 14.3 Å². The van der Waals surface area contributed by atoms with Crippen molar-refractivity contribution in [2.24, 2.45) is 0 Å². The van der Waals surface area contributed by atoms with E-state index < -0.39 is 0 Å². The first-order valence-electron chi connectivity index (χ1n) is 8.29. The lowest BCUT2D eigenvalue weighted by molar-refractivity contribution is -0.137. The van der Waals surface area contributed by atoms with E-state index in [1.807, 2.05) is 30.0 Å². The second kappa shape index (κ2) is 7.99. The Morgan fingerprint density at radius 3 is 2.83 bits per heavy atom. The van der Waals surface area contributed by atoms with Crippen LogP contribution >= 0.6 is 0 Å². The number of hydrogen-bond donors (Lipinski definition) is 1. The summed E-state index contributed by atoms with van der Waals surface area (Å²) in [5, 5.41) is 2.79. The number of hydrogen-bond acceptors (Lipinski definition) is 3. The minimum Gasteiger partial charge on any atom is -0.495 e. The number of ether oxygens (including phenoxy) is 1. The molecule has 5 heteroatoms. The molecular weight excluding hydrogens is 292 g/mol. The predicted molar refractivity (Wildman–Crippen MR) is 90.6 cm³/mol. The zero-order chi connectivity index (χ0) is 16.8. The number of nitrogens with one attached hydrogen (secondary N) is 1. The molecule has 1 unspecified atom stereocenters. The molecule has 1 aliphatic heterocycles. The molecule has 0 spiro atoms. The molecule has 1 fully saturated rings. The van der Waals surface area contributed by atoms with E-state index in [9.17, 15) is 9.59 Å². The number of rotatable bonds is 5. The van der Waals surface area contributed by atoms with Gasteiger partial charge in [-0.3, -0.25) is 9.59 Å². The van der Waals surface area contributed by atoms with Crippen LogP contribution in [0.3, 0.4) is 0 Å². The molecule has 1 atom stereocenters. The van der Waals surface area contributed by atoms with Gasteiger partial charge < -0.3 is 15.0 Å². The molecule has 0 aliphatic carbocycles. The number of aryl methyl sites for hydroxylation is 1. The predicted octanol–water partition coefficient (Wildman–Crippen LogP) is 3.12. The molecule has 1 aromatic carbocycles. The zero-order valence-corrected chi connectivity index (χ0v) is 14.2. The van der Waals surface area contributed by atoms with Gasteiger partial charge in [-0.1, -0.05) is 13.0 Å². The Morgan fingerprint density at radius 1 is 1.35 bits per heavy atom. The monoisotopic (exact) mass is 318 g/mol. The fourth-order valence-corrected chi connectivity index (χ4v) is 3.11. The third-order valence-corrected chi connectivity index (χ3v) is 4.36. The van der Waals surface area contributed by atoms with E-state index >= 15 is 0 Å². The molecule has 0 saturated carbocycles. The minimum absolute atomic E-state index is 0.0827. The molecule has 2 amide bonds. The minimum atomic E-state index is -0.292. The molecular formula is C18H26N2O3. The van der Waals surface area contributed by atoms with Gasteiger partial charge >= 0.3 is 0 Å². The van der Waals surface area contributed by atoms with Crippen LogP contribution in [-0.2, 0) is 9.59 Å². The molecule has 1 N–H and O–H groups in total. The molecule has 1 saturated heterocycles. The lowest BCUT2D eigenvalue weighted by Crippen LogP contribution is -2.44. The van der Waals surface area contributed by atoms with Crippen molar-refractivity contribution in [1.82, 2.24) is 4.90 Å². The number of amides is 2. The highest BCUT2D eigenvalue weighted by Gasteiger charge is 2.26. The maximum Gasteiger partial charge on any atom is 0.233 e. The van der Waals surface area contributed by atoms with Crippen LogP contribution in [0.4, 0.5) is 5.69 Å². The van der Waals surface area contributed by atoms with Crippen molar-refractivity contribution in [1.29, 1.82) is 0 Å². The summed E-state index contributed by atoms with van der Waals surface area (Å²) in [6, 6.07) is 5.85. The molecule has 126 valence electrons. The van der Waals surface area contributed by atoms with Crippen molar-refractivity contribution in [2.45, 2.75) is 52.0 Å². The highest BCUT2D eigenvalue weighted by molar-refractivity contribution is 6.04. The normalized spacial score (nSPS) is 17.7. The summed E-state index contributed by atoms with van der Waals surface area (Å²) in [5.74, 6) is 0.223. The van der Waals surface area contributed by atoms with E-state index in [2.05, 4.69) is 12.2 Å². The third-order valence-electron chi connectivity index (χ3n) is 4.36. The molecule has 0 radical (unpaired) electrons. The molecule has 1 heterocycles. The molecule has 23 heavy (non-hydrogen) atoms. The summed E-state index contributed by atoms with van der Waals surface area (Å²) in [6.45, 7) is 4.80. The second-order valence-corrected chi connectivity index (χ2v) is 6.07. The van der Waals surface area contributed by atoms with Gasteiger partial charge in [0, 0.05) is 12.6 Å². The maximum atomic E-state index is 12.4. The van der Waals surface area contributed by atoms with Gasteiger partial charge in [0.25, 0.3) is 0 Å². The summed E-state index contributed by atoms with van der Waals surface area (Å²) < 4.78 is 5.25. The number of carbonyl (C=O) groups excluding carboxylic acids is 2. The largest absolute Gasteiger partial charge is 0.495 e. The first-order valence-corrected chi connectivity index (χ1v) is 8.29. The summed E-state index contributed by atoms with van der Waals surface area (Å²) >= 11 is 0. The van der Waals surface area contributed by atoms with Crippen LogP contribution < -0.4 is 10.1 Å². The summed E-state index contributed by atoms with van der Waals surface area (Å²) in [4.78, 5) is 26.5. The van der Waals surface area contributed by atoms with Gasteiger partial charge in [-0.25, -0.2) is 0 Å². The number of carbonyl (C=O) groups is 2. The fraction of sp³-hybridized carbons (Fsp3) is 0.556. The van der Waals surface area contributed by atoms with Crippen molar-refractivity contribution >= 4 is 17.5 Å². The average molecular weight is 318 g/mol. The Labute approximate surface area is 138 Å². The van der Waals surface area contributed by atoms with Crippen molar-refractivity contribution in [3.05, 3.63) is 23.8 Å². The SMILES string of the molecule is CCC1CCCCN1C(=O)CC(=O)Nc1cc(C)ccc1OC. The standard InChI is InChI=1S/C18H26N2O3/c1-4-14-7-5-6-10-20(14)18(22)12-17(21)19-15-11-13(2)8-9-16(15)23-3/h8-9,11,14H,4-7,10,12H2,1-3H3,(H,19,21). The fourth-order valence-electron chi connectivity index (χ4n) is 3.11. The summed E-state index contributed by atoms with van der Waals surface area (Å²) in [6.07, 6.45) is 4.05. The van der Waals surface area contributed by atoms with Gasteiger partial charge in [0.05, 0.1) is 12.8 Å². The first-order chi connectivity index (χ1) is 11.0. The van der Waals surface area contributed by atoms with Crippen LogP contribution in [-0.4, -0.2) is 36.4 Å². The zero-order valence-electron chi connectivity index (χ0n) is 14.2. The topological polar surface area (TPSA) is 58.6 Å². The molecule has 0 bridgehead atoms. The molecule has 1 aliphatic rings. The highest BCUT2D eigenvalue weighted by atomic mass is 16.5. The van der Waals surface area contributed by atoms with E-state index in [1.165, 1.54) is 0 Å². The lowest BCUT2D eigenvalue weighted by atomic mass is 9.99. The Kier molecular flexibility index (Phi) is 6.02. The number of anilines is 1. The first kappa shape index (κ1) is 17.3. The van der Waals surface area contributed by atoms with Crippen molar-refractivity contribution in [3.63, 3.8) is 0 Å². The number of benzene rings is 1. The van der Waals surface area contributed by atoms with Crippen molar-refractivity contribution in [2.75, 3.05) is 19.0 Å². The van der Waals surface area contributed by atoms with E-state index in [0.717, 1.165) is 37.8 Å². The van der Waals surface area contributed by atoms with Crippen molar-refractivity contribution in [3.8, 4) is 5.75 Å². The number of nitrogens with zero attached hydrogens (tertiary/aromatic N) is 1. The quantitative estimate of drug-likeness (QED) is 0.849.